The van der Waals surface area contributed by atoms with Crippen LogP contribution in [0.15, 0.2) is 58.4 Å². The number of hydrogen-bond donors (Lipinski definition) is 2. The Balaban J connectivity index is 1.78. The van der Waals surface area contributed by atoms with E-state index in [1.54, 1.807) is 18.3 Å². The summed E-state index contributed by atoms with van der Waals surface area (Å²) < 4.78 is 1.92. The number of thioether (sulfide) groups is 1. The molecule has 3 heterocycles. The summed E-state index contributed by atoms with van der Waals surface area (Å²) in [4.78, 5) is 32.9. The molecular weight excluding hydrogens is 456 g/mol. The number of aliphatic hydroxyl groups is 1. The van der Waals surface area contributed by atoms with Crippen LogP contribution >= 0.6 is 24.0 Å². The van der Waals surface area contributed by atoms with Gasteiger partial charge in [-0.05, 0) is 44.0 Å². The van der Waals surface area contributed by atoms with Crippen molar-refractivity contribution < 1.29 is 9.90 Å². The quantitative estimate of drug-likeness (QED) is 0.410. The van der Waals surface area contributed by atoms with Gasteiger partial charge < -0.3 is 10.4 Å². The van der Waals surface area contributed by atoms with Gasteiger partial charge in [-0.15, -0.1) is 0 Å². The van der Waals surface area contributed by atoms with E-state index < -0.39 is 6.10 Å². The number of amides is 1. The number of nitrogens with zero attached hydrogens (tertiary/aromatic N) is 3. The highest BCUT2D eigenvalue weighted by molar-refractivity contribution is 8.26. The Morgan fingerprint density at radius 1 is 1.18 bits per heavy atom. The number of hydrogen-bond acceptors (Lipinski definition) is 7. The number of aliphatic hydroxyl groups excluding tert-OH is 1. The molecule has 2 N–H and O–H groups in total. The summed E-state index contributed by atoms with van der Waals surface area (Å²) in [5.41, 5.74) is 2.01. The Kier molecular flexibility index (Phi) is 6.64. The van der Waals surface area contributed by atoms with Gasteiger partial charge >= 0.3 is 0 Å². The van der Waals surface area contributed by atoms with E-state index in [0.29, 0.717) is 20.7 Å². The van der Waals surface area contributed by atoms with Crippen LogP contribution in [0, 0.1) is 6.92 Å². The topological polar surface area (TPSA) is 86.9 Å². The standard InChI is InChI=1S/C24H24N4O3S2/c1-14(2)28-23(31)19(33-24(28)32)12-17-20(25-13-18(29)16-9-5-4-6-10-16)26-21-15(3)8-7-11-27(21)22(17)30/h4-12,14,18,25,29H,13H2,1-3H3/b19-12-/t18-/m1/s1. The monoisotopic (exact) mass is 480 g/mol. The SMILES string of the molecule is Cc1cccn2c(=O)c(/C=C3\SC(=S)N(C(C)C)C3=O)c(NC[C@@H](O)c3ccccc3)nc12. The van der Waals surface area contributed by atoms with Crippen molar-refractivity contribution in [3.8, 4) is 0 Å². The minimum absolute atomic E-state index is 0.0829. The molecule has 0 bridgehead atoms. The molecule has 33 heavy (non-hydrogen) atoms. The maximum absolute atomic E-state index is 13.4. The van der Waals surface area contributed by atoms with E-state index in [4.69, 9.17) is 12.2 Å². The smallest absolute Gasteiger partial charge is 0.267 e. The average molecular weight is 481 g/mol. The van der Waals surface area contributed by atoms with Crippen LogP contribution in [0.3, 0.4) is 0 Å². The van der Waals surface area contributed by atoms with Gasteiger partial charge in [-0.2, -0.15) is 0 Å². The van der Waals surface area contributed by atoms with Crippen molar-refractivity contribution in [2.45, 2.75) is 32.9 Å². The van der Waals surface area contributed by atoms with Crippen molar-refractivity contribution in [1.82, 2.24) is 14.3 Å². The van der Waals surface area contributed by atoms with E-state index in [0.717, 1.165) is 11.1 Å². The molecule has 0 aliphatic carbocycles. The number of carbonyl (C=O) groups is 1. The molecule has 9 heteroatoms. The summed E-state index contributed by atoms with van der Waals surface area (Å²) in [5, 5.41) is 13.7. The van der Waals surface area contributed by atoms with Gasteiger partial charge in [-0.25, -0.2) is 4.98 Å². The van der Waals surface area contributed by atoms with E-state index in [1.807, 2.05) is 57.2 Å². The molecule has 0 radical (unpaired) electrons. The maximum Gasteiger partial charge on any atom is 0.267 e. The molecule has 1 aliphatic heterocycles. The summed E-state index contributed by atoms with van der Waals surface area (Å²) in [5.74, 6) is 0.0723. The Morgan fingerprint density at radius 2 is 1.91 bits per heavy atom. The first-order chi connectivity index (χ1) is 15.8. The molecule has 170 valence electrons. The number of anilines is 1. The van der Waals surface area contributed by atoms with Gasteiger partial charge in [0.15, 0.2) is 0 Å². The van der Waals surface area contributed by atoms with Crippen LogP contribution < -0.4 is 10.9 Å². The van der Waals surface area contributed by atoms with Gasteiger partial charge in [0.05, 0.1) is 16.6 Å². The van der Waals surface area contributed by atoms with Crippen molar-refractivity contribution in [3.05, 3.63) is 80.6 Å². The van der Waals surface area contributed by atoms with Crippen LogP contribution in [0.25, 0.3) is 11.7 Å². The minimum atomic E-state index is -0.796. The van der Waals surface area contributed by atoms with Gasteiger partial charge in [-0.3, -0.25) is 18.9 Å². The summed E-state index contributed by atoms with van der Waals surface area (Å²) in [6.07, 6.45) is 2.40. The van der Waals surface area contributed by atoms with E-state index in [-0.39, 0.29) is 29.6 Å². The first-order valence-corrected chi connectivity index (χ1v) is 11.8. The molecular formula is C24H24N4O3S2. The molecule has 1 aromatic carbocycles. The number of thiocarbonyl (C=S) groups is 1. The van der Waals surface area contributed by atoms with Crippen LogP contribution in [0.1, 0.15) is 36.6 Å². The summed E-state index contributed by atoms with van der Waals surface area (Å²) in [6.45, 7) is 5.80. The average Bonchev–Trinajstić information content (AvgIpc) is 3.08. The Labute approximate surface area is 201 Å². The van der Waals surface area contributed by atoms with Crippen LogP contribution in [-0.2, 0) is 4.79 Å². The number of benzene rings is 1. The summed E-state index contributed by atoms with van der Waals surface area (Å²) >= 11 is 6.53. The predicted octanol–water partition coefficient (Wildman–Crippen LogP) is 3.76. The fraction of sp³-hybridized carbons (Fsp3) is 0.250. The number of aromatic nitrogens is 2. The molecule has 1 fully saturated rings. The second-order valence-corrected chi connectivity index (χ2v) is 9.69. The molecule has 7 nitrogen and oxygen atoms in total. The number of carbonyl (C=O) groups excluding carboxylic acids is 1. The Hall–Kier alpha value is -3.01. The number of fused-ring (bicyclic) bond motifs is 1. The highest BCUT2D eigenvalue weighted by atomic mass is 32.2. The third-order valence-electron chi connectivity index (χ3n) is 5.35. The zero-order chi connectivity index (χ0) is 23.7. The predicted molar refractivity (Wildman–Crippen MR) is 136 cm³/mol. The number of rotatable bonds is 6. The number of nitrogens with one attached hydrogen (secondary N) is 1. The second-order valence-electron chi connectivity index (χ2n) is 8.02. The zero-order valence-electron chi connectivity index (χ0n) is 18.5. The molecule has 0 unspecified atom stereocenters. The van der Waals surface area contributed by atoms with Gasteiger partial charge in [0.1, 0.15) is 15.8 Å². The van der Waals surface area contributed by atoms with E-state index in [1.165, 1.54) is 21.1 Å². The van der Waals surface area contributed by atoms with E-state index in [2.05, 4.69) is 10.3 Å². The molecule has 1 atom stereocenters. The molecule has 1 amide bonds. The Morgan fingerprint density at radius 3 is 2.58 bits per heavy atom. The van der Waals surface area contributed by atoms with Crippen LogP contribution in [0.5, 0.6) is 0 Å². The summed E-state index contributed by atoms with van der Waals surface area (Å²) in [7, 11) is 0. The fourth-order valence-corrected chi connectivity index (χ4v) is 5.12. The highest BCUT2D eigenvalue weighted by Gasteiger charge is 2.34. The third kappa shape index (κ3) is 4.57. The third-order valence-corrected chi connectivity index (χ3v) is 6.68. The van der Waals surface area contributed by atoms with Crippen LogP contribution in [0.4, 0.5) is 5.82 Å². The van der Waals surface area contributed by atoms with Gasteiger partial charge in [0, 0.05) is 18.8 Å². The lowest BCUT2D eigenvalue weighted by molar-refractivity contribution is -0.123. The summed E-state index contributed by atoms with van der Waals surface area (Å²) in [6, 6.07) is 12.8. The maximum atomic E-state index is 13.4. The Bertz CT molecular complexity index is 1320. The lowest BCUT2D eigenvalue weighted by atomic mass is 10.1. The van der Waals surface area contributed by atoms with E-state index in [9.17, 15) is 14.7 Å². The molecule has 0 spiro atoms. The van der Waals surface area contributed by atoms with Crippen molar-refractivity contribution in [1.29, 1.82) is 0 Å². The van der Waals surface area contributed by atoms with Gasteiger partial charge in [0.2, 0.25) is 0 Å². The highest BCUT2D eigenvalue weighted by Crippen LogP contribution is 2.34. The largest absolute Gasteiger partial charge is 0.387 e. The zero-order valence-corrected chi connectivity index (χ0v) is 20.1. The van der Waals surface area contributed by atoms with Gasteiger partial charge in [-0.1, -0.05) is 60.4 Å². The van der Waals surface area contributed by atoms with Crippen molar-refractivity contribution in [2.24, 2.45) is 0 Å². The lowest BCUT2D eigenvalue weighted by Gasteiger charge is -2.18. The van der Waals surface area contributed by atoms with Crippen molar-refractivity contribution in [3.63, 3.8) is 0 Å². The lowest BCUT2D eigenvalue weighted by Crippen LogP contribution is -2.34. The molecule has 3 aromatic rings. The molecule has 1 aliphatic rings. The van der Waals surface area contributed by atoms with Crippen LogP contribution in [-0.4, -0.2) is 42.2 Å². The van der Waals surface area contributed by atoms with Crippen LogP contribution in [0.2, 0.25) is 0 Å². The minimum Gasteiger partial charge on any atom is -0.387 e. The number of pyridine rings is 1. The molecule has 1 saturated heterocycles. The van der Waals surface area contributed by atoms with Gasteiger partial charge in [0.25, 0.3) is 11.5 Å². The molecule has 2 aromatic heterocycles. The van der Waals surface area contributed by atoms with E-state index >= 15 is 0 Å². The van der Waals surface area contributed by atoms with Crippen molar-refractivity contribution in [2.75, 3.05) is 11.9 Å². The first kappa shape index (κ1) is 23.2. The fourth-order valence-electron chi connectivity index (χ4n) is 3.62. The second kappa shape index (κ2) is 9.46. The first-order valence-electron chi connectivity index (χ1n) is 10.5. The molecule has 0 saturated carbocycles. The molecule has 4 rings (SSSR count). The van der Waals surface area contributed by atoms with Crippen molar-refractivity contribution >= 4 is 51.7 Å². The normalized spacial score (nSPS) is 16.3. The number of aryl methyl sites for hydroxylation is 1.